The molecule has 0 aliphatic rings. The summed E-state index contributed by atoms with van der Waals surface area (Å²) in [7, 11) is -3.66. The van der Waals surface area contributed by atoms with Crippen molar-refractivity contribution in [3.05, 3.63) is 75.7 Å². The van der Waals surface area contributed by atoms with Crippen molar-refractivity contribution >= 4 is 38.7 Å². The molecule has 9 heteroatoms. The first kappa shape index (κ1) is 21.7. The molecule has 156 valence electrons. The number of aromatic nitrogens is 1. The fraction of sp³-hybridized carbons (Fsp3) is 0.190. The Hall–Kier alpha value is -3.04. The highest BCUT2D eigenvalue weighted by molar-refractivity contribution is 7.92. The molecular weight excluding hydrogens is 420 g/mol. The number of hydrazone groups is 1. The average Bonchev–Trinajstić information content (AvgIpc) is 3.11. The molecule has 0 saturated heterocycles. The average molecular weight is 443 g/mol. The number of aryl methyl sites for hydroxylation is 2. The number of nitrogens with zero attached hydrogens (tertiary/aromatic N) is 2. The molecule has 30 heavy (non-hydrogen) atoms. The number of rotatable bonds is 7. The van der Waals surface area contributed by atoms with Crippen molar-refractivity contribution < 1.29 is 13.2 Å². The molecule has 7 nitrogen and oxygen atoms in total. The number of anilines is 1. The van der Waals surface area contributed by atoms with Gasteiger partial charge in [0.25, 0.3) is 10.0 Å². The van der Waals surface area contributed by atoms with E-state index < -0.39 is 10.0 Å². The number of carbonyl (C=O) groups excluding carboxylic acids is 1. The van der Waals surface area contributed by atoms with Crippen LogP contribution in [0.25, 0.3) is 0 Å². The Morgan fingerprint density at radius 2 is 1.73 bits per heavy atom. The van der Waals surface area contributed by atoms with E-state index in [-0.39, 0.29) is 17.2 Å². The van der Waals surface area contributed by atoms with Crippen LogP contribution in [0.1, 0.15) is 28.8 Å². The molecular formula is C21H22N4O3S2. The lowest BCUT2D eigenvalue weighted by Crippen LogP contribution is -2.21. The Morgan fingerprint density at radius 3 is 2.33 bits per heavy atom. The van der Waals surface area contributed by atoms with E-state index in [0.717, 1.165) is 16.1 Å². The molecule has 0 atom stereocenters. The van der Waals surface area contributed by atoms with E-state index in [1.165, 1.54) is 11.3 Å². The Labute approximate surface area is 179 Å². The molecule has 2 aromatic carbocycles. The van der Waals surface area contributed by atoms with E-state index in [2.05, 4.69) is 20.2 Å². The van der Waals surface area contributed by atoms with Gasteiger partial charge in [-0.2, -0.15) is 5.10 Å². The number of sulfonamides is 1. The summed E-state index contributed by atoms with van der Waals surface area (Å²) in [4.78, 5) is 16.4. The lowest BCUT2D eigenvalue weighted by molar-refractivity contribution is -0.120. The van der Waals surface area contributed by atoms with Gasteiger partial charge in [-0.3, -0.25) is 9.52 Å². The van der Waals surface area contributed by atoms with Gasteiger partial charge in [-0.15, -0.1) is 11.3 Å². The molecule has 0 aliphatic carbocycles. The number of amides is 1. The van der Waals surface area contributed by atoms with Crippen LogP contribution in [0.4, 0.5) is 5.69 Å². The molecule has 0 unspecified atom stereocenters. The van der Waals surface area contributed by atoms with Crippen molar-refractivity contribution in [1.82, 2.24) is 10.4 Å². The SMILES string of the molecule is CC(=NNC(=O)Cc1csc(C)n1)c1ccc(NS(=O)(=O)c2ccc(C)cc2)cc1. The smallest absolute Gasteiger partial charge is 0.261 e. The third-order valence-corrected chi connectivity index (χ3v) is 6.46. The van der Waals surface area contributed by atoms with Gasteiger partial charge < -0.3 is 0 Å². The maximum Gasteiger partial charge on any atom is 0.261 e. The number of nitrogens with one attached hydrogen (secondary N) is 2. The van der Waals surface area contributed by atoms with Crippen molar-refractivity contribution in [3.63, 3.8) is 0 Å². The van der Waals surface area contributed by atoms with Crippen LogP contribution in [0.2, 0.25) is 0 Å². The first-order chi connectivity index (χ1) is 14.2. The highest BCUT2D eigenvalue weighted by atomic mass is 32.2. The normalized spacial score (nSPS) is 11.9. The van der Waals surface area contributed by atoms with Crippen LogP contribution in [0.5, 0.6) is 0 Å². The molecule has 2 N–H and O–H groups in total. The van der Waals surface area contributed by atoms with Crippen molar-refractivity contribution in [1.29, 1.82) is 0 Å². The highest BCUT2D eigenvalue weighted by Gasteiger charge is 2.14. The summed E-state index contributed by atoms with van der Waals surface area (Å²) in [5.41, 5.74) is 6.03. The number of carbonyl (C=O) groups is 1. The van der Waals surface area contributed by atoms with Gasteiger partial charge >= 0.3 is 0 Å². The van der Waals surface area contributed by atoms with Gasteiger partial charge in [0.1, 0.15) is 0 Å². The summed E-state index contributed by atoms with van der Waals surface area (Å²) < 4.78 is 27.5. The fourth-order valence-electron chi connectivity index (χ4n) is 2.62. The second-order valence-electron chi connectivity index (χ2n) is 6.76. The Morgan fingerprint density at radius 1 is 1.07 bits per heavy atom. The minimum absolute atomic E-state index is 0.168. The molecule has 1 aromatic heterocycles. The topological polar surface area (TPSA) is 101 Å². The van der Waals surface area contributed by atoms with Crippen LogP contribution in [-0.2, 0) is 21.2 Å². The van der Waals surface area contributed by atoms with Gasteiger partial charge in [-0.05, 0) is 50.6 Å². The molecule has 0 aliphatic heterocycles. The minimum Gasteiger partial charge on any atom is -0.280 e. The molecule has 0 saturated carbocycles. The van der Waals surface area contributed by atoms with E-state index in [1.807, 2.05) is 19.2 Å². The lowest BCUT2D eigenvalue weighted by atomic mass is 10.1. The summed E-state index contributed by atoms with van der Waals surface area (Å²) in [5.74, 6) is -0.248. The lowest BCUT2D eigenvalue weighted by Gasteiger charge is -2.09. The molecule has 1 amide bonds. The van der Waals surface area contributed by atoms with Gasteiger partial charge in [-0.1, -0.05) is 29.8 Å². The Balaban J connectivity index is 1.62. The summed E-state index contributed by atoms with van der Waals surface area (Å²) in [6, 6.07) is 13.4. The van der Waals surface area contributed by atoms with Crippen molar-refractivity contribution in [2.24, 2.45) is 5.10 Å². The van der Waals surface area contributed by atoms with E-state index >= 15 is 0 Å². The Bertz CT molecular complexity index is 1170. The molecule has 0 radical (unpaired) electrons. The first-order valence-corrected chi connectivity index (χ1v) is 11.5. The number of thiazole rings is 1. The predicted octanol–water partition coefficient (Wildman–Crippen LogP) is 3.64. The van der Waals surface area contributed by atoms with Crippen LogP contribution in [0.3, 0.4) is 0 Å². The zero-order valence-corrected chi connectivity index (χ0v) is 18.5. The molecule has 3 rings (SSSR count). The zero-order chi connectivity index (χ0) is 21.7. The van der Waals surface area contributed by atoms with Crippen LogP contribution in [-0.4, -0.2) is 25.0 Å². The largest absolute Gasteiger partial charge is 0.280 e. The van der Waals surface area contributed by atoms with Crippen LogP contribution >= 0.6 is 11.3 Å². The van der Waals surface area contributed by atoms with Gasteiger partial charge in [0.2, 0.25) is 5.91 Å². The molecule has 3 aromatic rings. The van der Waals surface area contributed by atoms with E-state index in [9.17, 15) is 13.2 Å². The molecule has 0 spiro atoms. The second kappa shape index (κ2) is 9.19. The third-order valence-electron chi connectivity index (χ3n) is 4.24. The van der Waals surface area contributed by atoms with Gasteiger partial charge in [-0.25, -0.2) is 18.8 Å². The standard InChI is InChI=1S/C21H22N4O3S2/c1-14-4-10-20(11-5-14)30(27,28)25-18-8-6-17(7-9-18)15(2)23-24-21(26)12-19-13-29-16(3)22-19/h4-11,13,25H,12H2,1-3H3,(H,24,26). The quantitative estimate of drug-likeness (QED) is 0.431. The third kappa shape index (κ3) is 5.74. The van der Waals surface area contributed by atoms with Gasteiger partial charge in [0, 0.05) is 11.1 Å². The van der Waals surface area contributed by atoms with Gasteiger partial charge in [0.15, 0.2) is 0 Å². The maximum absolute atomic E-state index is 12.5. The fourth-order valence-corrected chi connectivity index (χ4v) is 4.29. The summed E-state index contributed by atoms with van der Waals surface area (Å²) in [6.07, 6.45) is 0.168. The second-order valence-corrected chi connectivity index (χ2v) is 9.51. The summed E-state index contributed by atoms with van der Waals surface area (Å²) in [5, 5.41) is 6.87. The van der Waals surface area contributed by atoms with Crippen molar-refractivity contribution in [2.45, 2.75) is 32.1 Å². The number of benzene rings is 2. The monoisotopic (exact) mass is 442 g/mol. The highest BCUT2D eigenvalue weighted by Crippen LogP contribution is 2.17. The van der Waals surface area contributed by atoms with Crippen molar-refractivity contribution in [3.8, 4) is 0 Å². The van der Waals surface area contributed by atoms with Crippen LogP contribution in [0.15, 0.2) is 63.9 Å². The number of hydrogen-bond donors (Lipinski definition) is 2. The number of hydrogen-bond acceptors (Lipinski definition) is 6. The molecule has 1 heterocycles. The summed E-state index contributed by atoms with van der Waals surface area (Å²) >= 11 is 1.50. The van der Waals surface area contributed by atoms with Crippen molar-refractivity contribution in [2.75, 3.05) is 4.72 Å². The first-order valence-electron chi connectivity index (χ1n) is 9.17. The van der Waals surface area contributed by atoms with Crippen LogP contribution in [0, 0.1) is 13.8 Å². The zero-order valence-electron chi connectivity index (χ0n) is 16.8. The van der Waals surface area contributed by atoms with Gasteiger partial charge in [0.05, 0.1) is 27.7 Å². The minimum atomic E-state index is -3.66. The molecule has 0 bridgehead atoms. The van der Waals surface area contributed by atoms with E-state index in [4.69, 9.17) is 0 Å². The van der Waals surface area contributed by atoms with E-state index in [1.54, 1.807) is 55.5 Å². The Kier molecular flexibility index (Phi) is 6.63. The maximum atomic E-state index is 12.5. The summed E-state index contributed by atoms with van der Waals surface area (Å²) in [6.45, 7) is 5.55. The van der Waals surface area contributed by atoms with E-state index in [0.29, 0.717) is 17.1 Å². The predicted molar refractivity (Wildman–Crippen MR) is 119 cm³/mol. The molecule has 0 fully saturated rings. The van der Waals surface area contributed by atoms with Crippen LogP contribution < -0.4 is 10.1 Å².